The van der Waals surface area contributed by atoms with Crippen LogP contribution in [0.15, 0.2) is 42.6 Å². The molecule has 2 aromatic rings. The zero-order valence-electron chi connectivity index (χ0n) is 11.2. The number of benzene rings is 1. The number of carbonyl (C=O) groups is 1. The van der Waals surface area contributed by atoms with E-state index in [9.17, 15) is 4.79 Å². The molecule has 0 saturated heterocycles. The first-order chi connectivity index (χ1) is 9.69. The Bertz CT molecular complexity index is 567. The number of pyridine rings is 1. The van der Waals surface area contributed by atoms with Gasteiger partial charge < -0.3 is 10.6 Å². The van der Waals surface area contributed by atoms with Crippen LogP contribution in [0.3, 0.4) is 0 Å². The van der Waals surface area contributed by atoms with Crippen LogP contribution in [0.1, 0.15) is 23.8 Å². The van der Waals surface area contributed by atoms with Crippen LogP contribution in [-0.2, 0) is 0 Å². The lowest BCUT2D eigenvalue weighted by Crippen LogP contribution is -2.24. The lowest BCUT2D eigenvalue weighted by Gasteiger charge is -2.07. The molecule has 0 spiro atoms. The molecule has 4 nitrogen and oxygen atoms in total. The van der Waals surface area contributed by atoms with Gasteiger partial charge in [-0.2, -0.15) is 0 Å². The number of hydrogen-bond acceptors (Lipinski definition) is 3. The second kappa shape index (κ2) is 6.91. The summed E-state index contributed by atoms with van der Waals surface area (Å²) in [6, 6.07) is 10.9. The van der Waals surface area contributed by atoms with Gasteiger partial charge in [-0.1, -0.05) is 18.5 Å². The molecule has 2 N–H and O–H groups in total. The van der Waals surface area contributed by atoms with Crippen LogP contribution in [0.4, 0.5) is 11.4 Å². The van der Waals surface area contributed by atoms with Gasteiger partial charge in [0.2, 0.25) is 0 Å². The van der Waals surface area contributed by atoms with E-state index in [0.29, 0.717) is 17.3 Å². The zero-order chi connectivity index (χ0) is 14.4. The average molecular weight is 290 g/mol. The van der Waals surface area contributed by atoms with Gasteiger partial charge in [-0.05, 0) is 42.8 Å². The fraction of sp³-hybridized carbons (Fsp3) is 0.200. The summed E-state index contributed by atoms with van der Waals surface area (Å²) in [5.41, 5.74) is 2.15. The molecule has 0 aliphatic heterocycles. The number of halogens is 1. The van der Waals surface area contributed by atoms with Crippen LogP contribution < -0.4 is 10.6 Å². The van der Waals surface area contributed by atoms with Crippen molar-refractivity contribution < 1.29 is 4.79 Å². The highest BCUT2D eigenvalue weighted by Gasteiger charge is 2.05. The number of carbonyl (C=O) groups excluding carboxylic acids is 1. The van der Waals surface area contributed by atoms with E-state index in [1.54, 1.807) is 12.3 Å². The second-order valence-electron chi connectivity index (χ2n) is 4.32. The highest BCUT2D eigenvalue weighted by Crippen LogP contribution is 2.18. The van der Waals surface area contributed by atoms with E-state index in [2.05, 4.69) is 15.6 Å². The summed E-state index contributed by atoms with van der Waals surface area (Å²) in [6.45, 7) is 2.66. The molecule has 0 aliphatic carbocycles. The Balaban J connectivity index is 2.01. The van der Waals surface area contributed by atoms with Crippen molar-refractivity contribution in [2.45, 2.75) is 13.3 Å². The molecular weight excluding hydrogens is 274 g/mol. The van der Waals surface area contributed by atoms with Crippen LogP contribution in [0.25, 0.3) is 0 Å². The maximum absolute atomic E-state index is 11.7. The largest absolute Gasteiger partial charge is 0.354 e. The fourth-order valence-electron chi connectivity index (χ4n) is 1.63. The van der Waals surface area contributed by atoms with Gasteiger partial charge in [-0.15, -0.1) is 0 Å². The molecule has 0 aliphatic rings. The highest BCUT2D eigenvalue weighted by molar-refractivity contribution is 6.30. The Morgan fingerprint density at radius 2 is 1.85 bits per heavy atom. The maximum Gasteiger partial charge on any atom is 0.269 e. The number of nitrogens with one attached hydrogen (secondary N) is 2. The molecule has 0 radical (unpaired) electrons. The summed E-state index contributed by atoms with van der Waals surface area (Å²) in [6.07, 6.45) is 2.54. The Labute approximate surface area is 123 Å². The second-order valence-corrected chi connectivity index (χ2v) is 4.76. The van der Waals surface area contributed by atoms with Gasteiger partial charge in [0, 0.05) is 17.3 Å². The molecule has 0 unspecified atom stereocenters. The Morgan fingerprint density at radius 3 is 2.45 bits per heavy atom. The molecular formula is C15H16ClN3O. The van der Waals surface area contributed by atoms with Gasteiger partial charge in [0.15, 0.2) is 0 Å². The fourth-order valence-corrected chi connectivity index (χ4v) is 1.76. The van der Waals surface area contributed by atoms with Crippen molar-refractivity contribution in [1.82, 2.24) is 10.3 Å². The Morgan fingerprint density at radius 1 is 1.15 bits per heavy atom. The van der Waals surface area contributed by atoms with Crippen LogP contribution in [0.2, 0.25) is 5.02 Å². The van der Waals surface area contributed by atoms with Gasteiger partial charge in [0.25, 0.3) is 5.91 Å². The lowest BCUT2D eigenvalue weighted by molar-refractivity contribution is 0.0949. The predicted molar refractivity (Wildman–Crippen MR) is 81.6 cm³/mol. The molecule has 0 bridgehead atoms. The molecule has 0 atom stereocenters. The molecule has 1 aromatic heterocycles. The van der Waals surface area contributed by atoms with Gasteiger partial charge >= 0.3 is 0 Å². The van der Waals surface area contributed by atoms with Gasteiger partial charge in [0.05, 0.1) is 11.9 Å². The predicted octanol–water partition coefficient (Wildman–Crippen LogP) is 3.62. The molecule has 1 amide bonds. The van der Waals surface area contributed by atoms with E-state index in [0.717, 1.165) is 17.8 Å². The summed E-state index contributed by atoms with van der Waals surface area (Å²) in [5, 5.41) is 6.67. The van der Waals surface area contributed by atoms with Crippen molar-refractivity contribution >= 4 is 28.9 Å². The van der Waals surface area contributed by atoms with Crippen molar-refractivity contribution in [3.63, 3.8) is 0 Å². The first-order valence-electron chi connectivity index (χ1n) is 6.46. The van der Waals surface area contributed by atoms with Crippen molar-refractivity contribution in [2.75, 3.05) is 11.9 Å². The first kappa shape index (κ1) is 14.3. The topological polar surface area (TPSA) is 54.0 Å². The SMILES string of the molecule is CCCNC(=O)c1ccc(Nc2ccc(Cl)cc2)cn1. The monoisotopic (exact) mass is 289 g/mol. The van der Waals surface area contributed by atoms with Gasteiger partial charge in [0.1, 0.15) is 5.69 Å². The van der Waals surface area contributed by atoms with E-state index < -0.39 is 0 Å². The maximum atomic E-state index is 11.7. The number of hydrogen-bond donors (Lipinski definition) is 2. The average Bonchev–Trinajstić information content (AvgIpc) is 2.48. The molecule has 1 aromatic carbocycles. The lowest BCUT2D eigenvalue weighted by atomic mass is 10.3. The van der Waals surface area contributed by atoms with Crippen LogP contribution in [0.5, 0.6) is 0 Å². The number of nitrogens with zero attached hydrogens (tertiary/aromatic N) is 1. The van der Waals surface area contributed by atoms with Crippen molar-refractivity contribution in [2.24, 2.45) is 0 Å². The normalized spacial score (nSPS) is 10.1. The third kappa shape index (κ3) is 3.96. The third-order valence-corrected chi connectivity index (χ3v) is 2.92. The minimum Gasteiger partial charge on any atom is -0.354 e. The van der Waals surface area contributed by atoms with Crippen LogP contribution >= 0.6 is 11.6 Å². The van der Waals surface area contributed by atoms with E-state index in [1.165, 1.54) is 0 Å². The molecule has 20 heavy (non-hydrogen) atoms. The first-order valence-corrected chi connectivity index (χ1v) is 6.83. The van der Waals surface area contributed by atoms with Crippen molar-refractivity contribution in [3.8, 4) is 0 Å². The van der Waals surface area contributed by atoms with Crippen LogP contribution in [-0.4, -0.2) is 17.4 Å². The van der Waals surface area contributed by atoms with E-state index >= 15 is 0 Å². The minimum absolute atomic E-state index is 0.148. The molecule has 1 heterocycles. The Kier molecular flexibility index (Phi) is 4.96. The minimum atomic E-state index is -0.148. The zero-order valence-corrected chi connectivity index (χ0v) is 11.9. The smallest absolute Gasteiger partial charge is 0.269 e. The summed E-state index contributed by atoms with van der Waals surface area (Å²) >= 11 is 5.83. The summed E-state index contributed by atoms with van der Waals surface area (Å²) in [5.74, 6) is -0.148. The number of amides is 1. The third-order valence-electron chi connectivity index (χ3n) is 2.66. The summed E-state index contributed by atoms with van der Waals surface area (Å²) in [4.78, 5) is 15.8. The van der Waals surface area contributed by atoms with Gasteiger partial charge in [-0.25, -0.2) is 4.98 Å². The highest BCUT2D eigenvalue weighted by atomic mass is 35.5. The Hall–Kier alpha value is -2.07. The summed E-state index contributed by atoms with van der Waals surface area (Å²) in [7, 11) is 0. The molecule has 0 fully saturated rings. The molecule has 5 heteroatoms. The van der Waals surface area contributed by atoms with E-state index in [4.69, 9.17) is 11.6 Å². The van der Waals surface area contributed by atoms with Crippen molar-refractivity contribution in [3.05, 3.63) is 53.3 Å². The number of aromatic nitrogens is 1. The summed E-state index contributed by atoms with van der Waals surface area (Å²) < 4.78 is 0. The van der Waals surface area contributed by atoms with Gasteiger partial charge in [-0.3, -0.25) is 4.79 Å². The quantitative estimate of drug-likeness (QED) is 0.884. The molecule has 0 saturated carbocycles. The molecule has 104 valence electrons. The standard InChI is InChI=1S/C15H16ClN3O/c1-2-9-17-15(20)14-8-7-13(10-18-14)19-12-5-3-11(16)4-6-12/h3-8,10,19H,2,9H2,1H3,(H,17,20). The van der Waals surface area contributed by atoms with E-state index in [1.807, 2.05) is 37.3 Å². The molecule has 2 rings (SSSR count). The van der Waals surface area contributed by atoms with Crippen molar-refractivity contribution in [1.29, 1.82) is 0 Å². The number of rotatable bonds is 5. The number of anilines is 2. The van der Waals surface area contributed by atoms with E-state index in [-0.39, 0.29) is 5.91 Å². The van der Waals surface area contributed by atoms with Crippen LogP contribution in [0, 0.1) is 0 Å².